The summed E-state index contributed by atoms with van der Waals surface area (Å²) in [7, 11) is -3.97. The maximum atomic E-state index is 12.4. The molecule has 0 unspecified atom stereocenters. The highest BCUT2D eigenvalue weighted by Crippen LogP contribution is 2.34. The van der Waals surface area contributed by atoms with Crippen LogP contribution >= 0.6 is 15.9 Å². The molecule has 1 aliphatic rings. The number of nitrogens with zero attached hydrogens (tertiary/aromatic N) is 1. The maximum Gasteiger partial charge on any atom is 0.573 e. The molecule has 0 radical (unpaired) electrons. The van der Waals surface area contributed by atoms with E-state index >= 15 is 0 Å². The second kappa shape index (κ2) is 5.53. The summed E-state index contributed by atoms with van der Waals surface area (Å²) in [5.41, 5.74) is 0. The first-order valence-electron chi connectivity index (χ1n) is 5.75. The minimum Gasteiger partial charge on any atom is -0.404 e. The average molecular weight is 374 g/mol. The first-order chi connectivity index (χ1) is 9.20. The van der Waals surface area contributed by atoms with Gasteiger partial charge in [-0.2, -0.15) is 4.31 Å². The van der Waals surface area contributed by atoms with Crippen LogP contribution in [0.4, 0.5) is 13.2 Å². The zero-order chi connectivity index (χ0) is 15.0. The zero-order valence-corrected chi connectivity index (χ0v) is 12.6. The summed E-state index contributed by atoms with van der Waals surface area (Å²) in [6.45, 7) is 0.619. The molecule has 0 bridgehead atoms. The molecule has 0 aliphatic carbocycles. The molecule has 1 fully saturated rings. The van der Waals surface area contributed by atoms with Gasteiger partial charge in [0.25, 0.3) is 0 Å². The Morgan fingerprint density at radius 3 is 2.35 bits per heavy atom. The van der Waals surface area contributed by atoms with Crippen LogP contribution in [0.5, 0.6) is 5.75 Å². The van der Waals surface area contributed by atoms with Crippen molar-refractivity contribution in [2.75, 3.05) is 13.1 Å². The van der Waals surface area contributed by atoms with E-state index < -0.39 is 27.0 Å². The Morgan fingerprint density at radius 1 is 1.20 bits per heavy atom. The van der Waals surface area contributed by atoms with Crippen molar-refractivity contribution in [2.45, 2.75) is 24.1 Å². The van der Waals surface area contributed by atoms with Crippen molar-refractivity contribution in [3.8, 4) is 5.75 Å². The number of sulfonamides is 1. The summed E-state index contributed by atoms with van der Waals surface area (Å²) >= 11 is 3.00. The molecule has 0 aromatic heterocycles. The van der Waals surface area contributed by atoms with Crippen LogP contribution in [0.15, 0.2) is 27.6 Å². The number of benzene rings is 1. The van der Waals surface area contributed by atoms with Crippen molar-refractivity contribution < 1.29 is 26.3 Å². The molecule has 1 saturated heterocycles. The van der Waals surface area contributed by atoms with Gasteiger partial charge in [-0.3, -0.25) is 0 Å². The summed E-state index contributed by atoms with van der Waals surface area (Å²) in [5.74, 6) is -0.723. The Bertz CT molecular complexity index is 597. The van der Waals surface area contributed by atoms with Gasteiger partial charge in [-0.1, -0.05) is 15.9 Å². The van der Waals surface area contributed by atoms with Gasteiger partial charge < -0.3 is 4.74 Å². The molecular formula is C11H11BrF3NO3S. The van der Waals surface area contributed by atoms with Gasteiger partial charge in [0, 0.05) is 17.6 Å². The molecule has 20 heavy (non-hydrogen) atoms. The van der Waals surface area contributed by atoms with Gasteiger partial charge in [0.05, 0.1) is 0 Å². The van der Waals surface area contributed by atoms with E-state index in [4.69, 9.17) is 0 Å². The molecule has 1 aliphatic heterocycles. The smallest absolute Gasteiger partial charge is 0.404 e. The lowest BCUT2D eigenvalue weighted by molar-refractivity contribution is -0.275. The number of rotatable bonds is 3. The molecule has 4 nitrogen and oxygen atoms in total. The average Bonchev–Trinajstić information content (AvgIpc) is 2.79. The quantitative estimate of drug-likeness (QED) is 0.817. The van der Waals surface area contributed by atoms with Crippen LogP contribution in [-0.4, -0.2) is 32.2 Å². The predicted octanol–water partition coefficient (Wildman–Crippen LogP) is 3.13. The van der Waals surface area contributed by atoms with Crippen molar-refractivity contribution in [2.24, 2.45) is 0 Å². The molecule has 1 aromatic rings. The highest BCUT2D eigenvalue weighted by molar-refractivity contribution is 9.10. The Morgan fingerprint density at radius 2 is 1.80 bits per heavy atom. The molecule has 0 atom stereocenters. The second-order valence-corrected chi connectivity index (χ2v) is 7.07. The van der Waals surface area contributed by atoms with Gasteiger partial charge in [0.1, 0.15) is 4.90 Å². The lowest BCUT2D eigenvalue weighted by Crippen LogP contribution is -2.29. The molecule has 0 saturated carbocycles. The van der Waals surface area contributed by atoms with Crippen LogP contribution < -0.4 is 4.74 Å². The van der Waals surface area contributed by atoms with Crippen molar-refractivity contribution in [1.82, 2.24) is 4.31 Å². The molecular weight excluding hydrogens is 363 g/mol. The largest absolute Gasteiger partial charge is 0.573 e. The third-order valence-corrected chi connectivity index (χ3v) is 5.25. The van der Waals surface area contributed by atoms with Crippen LogP contribution in [-0.2, 0) is 10.0 Å². The number of alkyl halides is 3. The number of halogens is 4. The van der Waals surface area contributed by atoms with Crippen molar-refractivity contribution in [3.63, 3.8) is 0 Å². The fraction of sp³-hybridized carbons (Fsp3) is 0.455. The van der Waals surface area contributed by atoms with Gasteiger partial charge in [0.15, 0.2) is 5.75 Å². The Balaban J connectivity index is 2.45. The number of hydrogen-bond acceptors (Lipinski definition) is 3. The van der Waals surface area contributed by atoms with Crippen LogP contribution in [0, 0.1) is 0 Å². The molecule has 0 spiro atoms. The van der Waals surface area contributed by atoms with E-state index in [1.54, 1.807) is 0 Å². The fourth-order valence-electron chi connectivity index (χ4n) is 1.97. The Labute approximate surface area is 122 Å². The molecule has 0 amide bonds. The van der Waals surface area contributed by atoms with Crippen molar-refractivity contribution >= 4 is 26.0 Å². The lowest BCUT2D eigenvalue weighted by atomic mass is 10.3. The molecule has 9 heteroatoms. The normalized spacial score (nSPS) is 17.4. The Hall–Kier alpha value is -0.800. The van der Waals surface area contributed by atoms with Gasteiger partial charge in [0.2, 0.25) is 10.0 Å². The van der Waals surface area contributed by atoms with Crippen LogP contribution in [0.1, 0.15) is 12.8 Å². The van der Waals surface area contributed by atoms with Gasteiger partial charge in [-0.15, -0.1) is 13.2 Å². The van der Waals surface area contributed by atoms with Crippen molar-refractivity contribution in [3.05, 3.63) is 22.7 Å². The monoisotopic (exact) mass is 373 g/mol. The Kier molecular flexibility index (Phi) is 4.31. The number of hydrogen-bond donors (Lipinski definition) is 0. The summed E-state index contributed by atoms with van der Waals surface area (Å²) < 4.78 is 67.0. The van der Waals surface area contributed by atoms with Crippen LogP contribution in [0.2, 0.25) is 0 Å². The summed E-state index contributed by atoms with van der Waals surface area (Å²) in [4.78, 5) is -0.472. The van der Waals surface area contributed by atoms with Crippen LogP contribution in [0.25, 0.3) is 0 Å². The minimum atomic E-state index is -4.95. The SMILES string of the molecule is O=S(=O)(c1ccc(Br)cc1OC(F)(F)F)N1CCCC1. The van der Waals surface area contributed by atoms with E-state index in [2.05, 4.69) is 20.7 Å². The van der Waals surface area contributed by atoms with Gasteiger partial charge in [-0.25, -0.2) is 8.42 Å². The molecule has 0 N–H and O–H groups in total. The third kappa shape index (κ3) is 3.44. The fourth-order valence-corrected chi connectivity index (χ4v) is 3.92. The first kappa shape index (κ1) is 15.6. The van der Waals surface area contributed by atoms with E-state index in [-0.39, 0.29) is 0 Å². The first-order valence-corrected chi connectivity index (χ1v) is 7.99. The summed E-state index contributed by atoms with van der Waals surface area (Å²) in [6.07, 6.45) is -3.55. The second-order valence-electron chi connectivity index (χ2n) is 4.25. The lowest BCUT2D eigenvalue weighted by Gasteiger charge is -2.19. The molecule has 112 valence electrons. The van der Waals surface area contributed by atoms with E-state index in [0.717, 1.165) is 12.1 Å². The number of ether oxygens (including phenoxy) is 1. The molecule has 1 heterocycles. The van der Waals surface area contributed by atoms with E-state index in [1.807, 2.05) is 0 Å². The van der Waals surface area contributed by atoms with E-state index in [9.17, 15) is 21.6 Å². The summed E-state index contributed by atoms with van der Waals surface area (Å²) in [6, 6.07) is 3.47. The van der Waals surface area contributed by atoms with Gasteiger partial charge >= 0.3 is 6.36 Å². The zero-order valence-electron chi connectivity index (χ0n) is 10.2. The summed E-state index contributed by atoms with van der Waals surface area (Å²) in [5, 5.41) is 0. The highest BCUT2D eigenvalue weighted by Gasteiger charge is 2.36. The minimum absolute atomic E-state index is 0.303. The van der Waals surface area contributed by atoms with E-state index in [1.165, 1.54) is 10.4 Å². The third-order valence-electron chi connectivity index (χ3n) is 2.81. The van der Waals surface area contributed by atoms with Crippen molar-refractivity contribution in [1.29, 1.82) is 0 Å². The standard InChI is InChI=1S/C11H11BrF3NO3S/c12-8-3-4-10(9(7-8)19-11(13,14)15)20(17,18)16-5-1-2-6-16/h3-4,7H,1-2,5-6H2. The van der Waals surface area contributed by atoms with E-state index in [0.29, 0.717) is 30.4 Å². The van der Waals surface area contributed by atoms with Gasteiger partial charge in [-0.05, 0) is 31.0 Å². The topological polar surface area (TPSA) is 46.6 Å². The molecule has 1 aromatic carbocycles. The highest BCUT2D eigenvalue weighted by atomic mass is 79.9. The molecule has 2 rings (SSSR count). The maximum absolute atomic E-state index is 12.4. The predicted molar refractivity (Wildman–Crippen MR) is 68.8 cm³/mol. The van der Waals surface area contributed by atoms with Crippen LogP contribution in [0.3, 0.4) is 0 Å².